The Morgan fingerprint density at radius 1 is 1.61 bits per heavy atom. The van der Waals surface area contributed by atoms with Crippen molar-refractivity contribution in [2.75, 3.05) is 18.5 Å². The molecule has 18 heavy (non-hydrogen) atoms. The number of pyridine rings is 1. The molecule has 3 N–H and O–H groups in total. The van der Waals surface area contributed by atoms with Crippen molar-refractivity contribution >= 4 is 27.4 Å². The van der Waals surface area contributed by atoms with Gasteiger partial charge < -0.3 is 5.43 Å². The van der Waals surface area contributed by atoms with Gasteiger partial charge in [-0.25, -0.2) is 19.2 Å². The van der Waals surface area contributed by atoms with E-state index in [1.54, 1.807) is 0 Å². The van der Waals surface area contributed by atoms with Gasteiger partial charge in [0.15, 0.2) is 5.82 Å². The summed E-state index contributed by atoms with van der Waals surface area (Å²) < 4.78 is 26.1. The number of nitrogens with two attached hydrogens (primary N) is 1. The fourth-order valence-electron chi connectivity index (χ4n) is 1.93. The molecular formula is C10H15ClN4O2S. The molecule has 8 heteroatoms. The third kappa shape index (κ3) is 2.44. The van der Waals surface area contributed by atoms with E-state index in [9.17, 15) is 8.42 Å². The summed E-state index contributed by atoms with van der Waals surface area (Å²) in [5.41, 5.74) is 2.30. The highest BCUT2D eigenvalue weighted by atomic mass is 35.5. The molecule has 0 radical (unpaired) electrons. The molecule has 1 saturated heterocycles. The standard InChI is InChI=1S/C10H15ClN4O2S/c1-7-2-3-15(6-7)18(16,17)8-4-9(11)10(14-12)13-5-8/h4-5,7H,2-3,6,12H2,1H3,(H,13,14). The molecule has 0 aliphatic carbocycles. The van der Waals surface area contributed by atoms with Crippen molar-refractivity contribution in [1.29, 1.82) is 0 Å². The lowest BCUT2D eigenvalue weighted by atomic mass is 10.2. The van der Waals surface area contributed by atoms with Crippen LogP contribution in [0.15, 0.2) is 17.2 Å². The fourth-order valence-corrected chi connectivity index (χ4v) is 3.76. The zero-order valence-corrected chi connectivity index (χ0v) is 11.5. The maximum atomic E-state index is 12.3. The van der Waals surface area contributed by atoms with Gasteiger partial charge in [0.05, 0.1) is 5.02 Å². The Kier molecular flexibility index (Phi) is 3.76. The van der Waals surface area contributed by atoms with E-state index in [0.717, 1.165) is 6.42 Å². The highest BCUT2D eigenvalue weighted by Crippen LogP contribution is 2.27. The molecule has 0 aromatic carbocycles. The number of halogens is 1. The average molecular weight is 291 g/mol. The number of aromatic nitrogens is 1. The first-order chi connectivity index (χ1) is 8.45. The summed E-state index contributed by atoms with van der Waals surface area (Å²) in [4.78, 5) is 3.98. The first-order valence-corrected chi connectivity index (χ1v) is 7.39. The quantitative estimate of drug-likeness (QED) is 0.642. The third-order valence-electron chi connectivity index (χ3n) is 2.98. The van der Waals surface area contributed by atoms with Gasteiger partial charge in [-0.05, 0) is 18.4 Å². The van der Waals surface area contributed by atoms with E-state index < -0.39 is 10.0 Å². The van der Waals surface area contributed by atoms with Crippen LogP contribution >= 0.6 is 11.6 Å². The molecule has 1 fully saturated rings. The fraction of sp³-hybridized carbons (Fsp3) is 0.500. The van der Waals surface area contributed by atoms with Crippen molar-refractivity contribution in [2.45, 2.75) is 18.2 Å². The van der Waals surface area contributed by atoms with Crippen LogP contribution in [0.3, 0.4) is 0 Å². The first-order valence-electron chi connectivity index (χ1n) is 5.57. The van der Waals surface area contributed by atoms with Crippen molar-refractivity contribution in [1.82, 2.24) is 9.29 Å². The second-order valence-electron chi connectivity index (χ2n) is 4.40. The zero-order valence-electron chi connectivity index (χ0n) is 9.93. The van der Waals surface area contributed by atoms with Crippen molar-refractivity contribution in [3.63, 3.8) is 0 Å². The molecule has 1 aliphatic heterocycles. The SMILES string of the molecule is CC1CCN(S(=O)(=O)c2cnc(NN)c(Cl)c2)C1. The minimum absolute atomic E-state index is 0.0978. The van der Waals surface area contributed by atoms with E-state index in [1.165, 1.54) is 16.6 Å². The molecule has 2 rings (SSSR count). The summed E-state index contributed by atoms with van der Waals surface area (Å²) in [5.74, 6) is 5.83. The van der Waals surface area contributed by atoms with Gasteiger partial charge in [0.2, 0.25) is 10.0 Å². The van der Waals surface area contributed by atoms with Crippen molar-refractivity contribution in [3.8, 4) is 0 Å². The van der Waals surface area contributed by atoms with E-state index in [4.69, 9.17) is 17.4 Å². The summed E-state index contributed by atoms with van der Waals surface area (Å²) in [6.07, 6.45) is 2.14. The minimum Gasteiger partial charge on any atom is -0.307 e. The number of rotatable bonds is 3. The second-order valence-corrected chi connectivity index (χ2v) is 6.75. The Morgan fingerprint density at radius 3 is 2.83 bits per heavy atom. The zero-order chi connectivity index (χ0) is 13.3. The Labute approximate surface area is 111 Å². The molecular weight excluding hydrogens is 276 g/mol. The number of nitrogens with zero attached hydrogens (tertiary/aromatic N) is 2. The topological polar surface area (TPSA) is 88.3 Å². The van der Waals surface area contributed by atoms with E-state index in [-0.39, 0.29) is 15.7 Å². The van der Waals surface area contributed by atoms with Crippen molar-refractivity contribution < 1.29 is 8.42 Å². The molecule has 1 aliphatic rings. The van der Waals surface area contributed by atoms with Crippen molar-refractivity contribution in [2.24, 2.45) is 11.8 Å². The van der Waals surface area contributed by atoms with Gasteiger partial charge in [0, 0.05) is 19.3 Å². The van der Waals surface area contributed by atoms with Crippen LogP contribution in [-0.4, -0.2) is 30.8 Å². The molecule has 0 amide bonds. The van der Waals surface area contributed by atoms with Crippen molar-refractivity contribution in [3.05, 3.63) is 17.3 Å². The monoisotopic (exact) mass is 290 g/mol. The van der Waals surface area contributed by atoms with Gasteiger partial charge in [0.25, 0.3) is 0 Å². The van der Waals surface area contributed by atoms with E-state index in [0.29, 0.717) is 19.0 Å². The Hall–Kier alpha value is -0.890. The Balaban J connectivity index is 2.33. The number of nitrogen functional groups attached to an aromatic ring is 1. The average Bonchev–Trinajstić information content (AvgIpc) is 2.76. The van der Waals surface area contributed by atoms with Gasteiger partial charge in [-0.3, -0.25) is 0 Å². The number of nitrogens with one attached hydrogen (secondary N) is 1. The Bertz CT molecular complexity index is 549. The number of hydrogen-bond donors (Lipinski definition) is 2. The normalized spacial score (nSPS) is 21.2. The highest BCUT2D eigenvalue weighted by Gasteiger charge is 2.31. The van der Waals surface area contributed by atoms with Crippen LogP contribution < -0.4 is 11.3 Å². The van der Waals surface area contributed by atoms with Gasteiger partial charge >= 0.3 is 0 Å². The summed E-state index contributed by atoms with van der Waals surface area (Å²) in [7, 11) is -3.50. The van der Waals surface area contributed by atoms with Gasteiger partial charge in [-0.2, -0.15) is 4.31 Å². The van der Waals surface area contributed by atoms with Gasteiger partial charge in [0.1, 0.15) is 4.90 Å². The largest absolute Gasteiger partial charge is 0.307 e. The third-order valence-corrected chi connectivity index (χ3v) is 5.10. The number of anilines is 1. The molecule has 2 heterocycles. The molecule has 1 aromatic rings. The number of sulfonamides is 1. The first kappa shape index (κ1) is 13.5. The van der Waals surface area contributed by atoms with Gasteiger partial charge in [-0.1, -0.05) is 18.5 Å². The van der Waals surface area contributed by atoms with Crippen LogP contribution in [0.25, 0.3) is 0 Å². The summed E-state index contributed by atoms with van der Waals surface area (Å²) in [5, 5.41) is 0.186. The van der Waals surface area contributed by atoms with Crippen LogP contribution in [0.5, 0.6) is 0 Å². The molecule has 6 nitrogen and oxygen atoms in total. The van der Waals surface area contributed by atoms with Crippen LogP contribution in [0.2, 0.25) is 5.02 Å². The summed E-state index contributed by atoms with van der Waals surface area (Å²) in [6, 6.07) is 1.36. The number of hydrazine groups is 1. The van der Waals surface area contributed by atoms with Crippen LogP contribution in [-0.2, 0) is 10.0 Å². The molecule has 0 spiro atoms. The lowest BCUT2D eigenvalue weighted by Crippen LogP contribution is -2.28. The van der Waals surface area contributed by atoms with Crippen LogP contribution in [0.4, 0.5) is 5.82 Å². The highest BCUT2D eigenvalue weighted by molar-refractivity contribution is 7.89. The van der Waals surface area contributed by atoms with E-state index in [2.05, 4.69) is 10.4 Å². The van der Waals surface area contributed by atoms with Gasteiger partial charge in [-0.15, -0.1) is 0 Å². The van der Waals surface area contributed by atoms with E-state index in [1.807, 2.05) is 6.92 Å². The van der Waals surface area contributed by atoms with E-state index >= 15 is 0 Å². The number of hydrogen-bond acceptors (Lipinski definition) is 5. The molecule has 1 aromatic heterocycles. The van der Waals surface area contributed by atoms with Crippen LogP contribution in [0.1, 0.15) is 13.3 Å². The lowest BCUT2D eigenvalue weighted by Gasteiger charge is -2.16. The molecule has 1 atom stereocenters. The predicted octanol–water partition coefficient (Wildman–Crippen LogP) is 1.05. The predicted molar refractivity (Wildman–Crippen MR) is 69.6 cm³/mol. The maximum absolute atomic E-state index is 12.3. The summed E-state index contributed by atoms with van der Waals surface area (Å²) >= 11 is 5.88. The molecule has 0 bridgehead atoms. The molecule has 1 unspecified atom stereocenters. The van der Waals surface area contributed by atoms with Crippen LogP contribution in [0, 0.1) is 5.92 Å². The smallest absolute Gasteiger partial charge is 0.244 e. The molecule has 100 valence electrons. The minimum atomic E-state index is -3.50. The molecule has 0 saturated carbocycles. The maximum Gasteiger partial charge on any atom is 0.244 e. The second kappa shape index (κ2) is 5.00. The summed E-state index contributed by atoms with van der Waals surface area (Å²) in [6.45, 7) is 3.11. The lowest BCUT2D eigenvalue weighted by molar-refractivity contribution is 0.464. The Morgan fingerprint density at radius 2 is 2.33 bits per heavy atom.